The van der Waals surface area contributed by atoms with Crippen molar-refractivity contribution < 1.29 is 14.3 Å². The lowest BCUT2D eigenvalue weighted by molar-refractivity contribution is -0.125. The van der Waals surface area contributed by atoms with E-state index in [-0.39, 0.29) is 23.9 Å². The number of hydrogen-bond acceptors (Lipinski definition) is 6. The molecule has 2 N–H and O–H groups in total. The fraction of sp³-hybridized carbons (Fsp3) is 0.556. The molecule has 9 heteroatoms. The van der Waals surface area contributed by atoms with Crippen LogP contribution in [0.2, 0.25) is 5.02 Å². The first-order valence-corrected chi connectivity index (χ1v) is 14.3. The van der Waals surface area contributed by atoms with Gasteiger partial charge in [0, 0.05) is 53.2 Å². The summed E-state index contributed by atoms with van der Waals surface area (Å²) in [6.07, 6.45) is 6.66. The number of H-pyrrole nitrogens is 1. The maximum atomic E-state index is 13.2. The molecular formula is C27H34ClN3O4S. The van der Waals surface area contributed by atoms with Crippen molar-refractivity contribution in [2.45, 2.75) is 63.7 Å². The van der Waals surface area contributed by atoms with Crippen molar-refractivity contribution in [1.29, 1.82) is 0 Å². The van der Waals surface area contributed by atoms with Gasteiger partial charge in [0.25, 0.3) is 17.3 Å². The van der Waals surface area contributed by atoms with E-state index in [1.807, 2.05) is 33.1 Å². The van der Waals surface area contributed by atoms with Crippen molar-refractivity contribution in [3.63, 3.8) is 0 Å². The molecule has 1 aliphatic carbocycles. The molecule has 0 spiro atoms. The van der Waals surface area contributed by atoms with Crippen LogP contribution in [-0.2, 0) is 6.54 Å². The van der Waals surface area contributed by atoms with Crippen LogP contribution in [0.15, 0.2) is 21.8 Å². The van der Waals surface area contributed by atoms with Crippen LogP contribution in [-0.4, -0.2) is 47.5 Å². The zero-order chi connectivity index (χ0) is 25.6. The van der Waals surface area contributed by atoms with Crippen LogP contribution in [0.25, 0.3) is 0 Å². The van der Waals surface area contributed by atoms with E-state index in [9.17, 15) is 9.59 Å². The number of aromatic nitrogens is 1. The van der Waals surface area contributed by atoms with Crippen molar-refractivity contribution in [2.75, 3.05) is 25.9 Å². The van der Waals surface area contributed by atoms with E-state index < -0.39 is 5.79 Å². The molecule has 7 nitrogen and oxygen atoms in total. The highest BCUT2D eigenvalue weighted by molar-refractivity contribution is 7.98. The van der Waals surface area contributed by atoms with Crippen LogP contribution >= 0.6 is 23.4 Å². The summed E-state index contributed by atoms with van der Waals surface area (Å²) in [6.45, 7) is 9.11. The Kier molecular flexibility index (Phi) is 7.05. The number of hydrogen-bond donors (Lipinski definition) is 2. The zero-order valence-electron chi connectivity index (χ0n) is 21.3. The Bertz CT molecular complexity index is 1240. The van der Waals surface area contributed by atoms with Crippen LogP contribution in [0, 0.1) is 25.7 Å². The van der Waals surface area contributed by atoms with Gasteiger partial charge in [-0.05, 0) is 76.9 Å². The van der Waals surface area contributed by atoms with Gasteiger partial charge < -0.3 is 24.7 Å². The summed E-state index contributed by atoms with van der Waals surface area (Å²) in [5.41, 5.74) is 2.23. The van der Waals surface area contributed by atoms with Gasteiger partial charge in [0.05, 0.1) is 5.02 Å². The number of carbonyl (C=O) groups is 1. The number of rotatable bonds is 7. The summed E-state index contributed by atoms with van der Waals surface area (Å²) in [6, 6.07) is 3.54. The molecule has 0 radical (unpaired) electrons. The molecule has 1 aromatic carbocycles. The van der Waals surface area contributed by atoms with E-state index in [4.69, 9.17) is 21.1 Å². The van der Waals surface area contributed by atoms with Gasteiger partial charge in [-0.1, -0.05) is 11.6 Å². The second-order valence-electron chi connectivity index (χ2n) is 10.4. The van der Waals surface area contributed by atoms with Gasteiger partial charge in [0.2, 0.25) is 0 Å². The quantitative estimate of drug-likeness (QED) is 0.494. The average Bonchev–Trinajstić information content (AvgIpc) is 3.58. The molecule has 1 saturated carbocycles. The maximum Gasteiger partial charge on any atom is 0.254 e. The molecule has 0 bridgehead atoms. The van der Waals surface area contributed by atoms with E-state index >= 15 is 0 Å². The number of nitrogens with zero attached hydrogens (tertiary/aromatic N) is 1. The second kappa shape index (κ2) is 9.95. The summed E-state index contributed by atoms with van der Waals surface area (Å²) < 4.78 is 12.8. The number of aryl methyl sites for hydroxylation is 1. The Morgan fingerprint density at radius 3 is 2.56 bits per heavy atom. The first kappa shape index (κ1) is 25.5. The van der Waals surface area contributed by atoms with E-state index in [0.717, 1.165) is 42.4 Å². The lowest BCUT2D eigenvalue weighted by Crippen LogP contribution is -2.48. The standard InChI is InChI=1S/C27H34ClN3O4S/c1-15-11-22(36-4)20(26(33)30-15)13-29-25(32)19-12-21(28)24-23(16(19)2)34-27(3,35-24)18-7-9-31(10-8-18)14-17-5-6-17/h11-12,17-18H,5-10,13-14H2,1-4H3,(H,29,32)(H,30,33)/t27-/m0/s1. The molecule has 1 saturated heterocycles. The van der Waals surface area contributed by atoms with Crippen molar-refractivity contribution in [1.82, 2.24) is 15.2 Å². The molecule has 3 aliphatic rings. The molecule has 2 aliphatic heterocycles. The summed E-state index contributed by atoms with van der Waals surface area (Å²) in [7, 11) is 0. The van der Waals surface area contributed by atoms with Gasteiger partial charge in [0.1, 0.15) is 0 Å². The third-order valence-electron chi connectivity index (χ3n) is 7.71. The highest BCUT2D eigenvalue weighted by Gasteiger charge is 2.47. The number of ether oxygens (including phenoxy) is 2. The molecule has 194 valence electrons. The number of pyridine rings is 1. The van der Waals surface area contributed by atoms with Gasteiger partial charge in [-0.3, -0.25) is 9.59 Å². The molecule has 36 heavy (non-hydrogen) atoms. The number of likely N-dealkylation sites (tertiary alicyclic amines) is 1. The summed E-state index contributed by atoms with van der Waals surface area (Å²) in [5.74, 6) is 1.06. The molecule has 1 aromatic heterocycles. The van der Waals surface area contributed by atoms with Crippen molar-refractivity contribution >= 4 is 29.3 Å². The lowest BCUT2D eigenvalue weighted by atomic mass is 9.89. The Morgan fingerprint density at radius 1 is 1.19 bits per heavy atom. The Balaban J connectivity index is 1.30. The molecule has 2 fully saturated rings. The van der Waals surface area contributed by atoms with Crippen LogP contribution in [0.5, 0.6) is 11.5 Å². The van der Waals surface area contributed by atoms with Gasteiger partial charge in [0.15, 0.2) is 11.5 Å². The number of nitrogens with one attached hydrogen (secondary N) is 2. The van der Waals surface area contributed by atoms with Crippen molar-refractivity contribution in [2.24, 2.45) is 11.8 Å². The van der Waals surface area contributed by atoms with Gasteiger partial charge >= 0.3 is 0 Å². The number of carbonyl (C=O) groups excluding carboxylic acids is 1. The molecule has 1 atom stereocenters. The topological polar surface area (TPSA) is 83.7 Å². The molecule has 0 unspecified atom stereocenters. The maximum absolute atomic E-state index is 13.2. The first-order chi connectivity index (χ1) is 17.2. The van der Waals surface area contributed by atoms with Gasteiger partial charge in [-0.2, -0.15) is 0 Å². The SMILES string of the molecule is CSc1cc(C)[nH]c(=O)c1CNC(=O)c1cc(Cl)c2c(c1C)O[C@](C)(C1CCN(CC3CC3)CC1)O2. The van der Waals surface area contributed by atoms with Crippen LogP contribution in [0.1, 0.15) is 59.8 Å². The van der Waals surface area contributed by atoms with Gasteiger partial charge in [-0.25, -0.2) is 0 Å². The third kappa shape index (κ3) is 5.00. The number of halogens is 1. The number of thioether (sulfide) groups is 1. The van der Waals surface area contributed by atoms with Crippen LogP contribution in [0.4, 0.5) is 0 Å². The summed E-state index contributed by atoms with van der Waals surface area (Å²) >= 11 is 8.08. The predicted molar refractivity (Wildman–Crippen MR) is 142 cm³/mol. The third-order valence-corrected chi connectivity index (χ3v) is 8.80. The minimum Gasteiger partial charge on any atom is -0.448 e. The Morgan fingerprint density at radius 2 is 1.89 bits per heavy atom. The number of piperidine rings is 1. The molecular weight excluding hydrogens is 498 g/mol. The number of benzene rings is 1. The monoisotopic (exact) mass is 531 g/mol. The average molecular weight is 532 g/mol. The lowest BCUT2D eigenvalue weighted by Gasteiger charge is -2.38. The molecule has 1 amide bonds. The molecule has 5 rings (SSSR count). The molecule has 2 aromatic rings. The smallest absolute Gasteiger partial charge is 0.254 e. The fourth-order valence-corrected chi connectivity index (χ4v) is 6.29. The van der Waals surface area contributed by atoms with Gasteiger partial charge in [-0.15, -0.1) is 11.8 Å². The van der Waals surface area contributed by atoms with E-state index in [2.05, 4.69) is 15.2 Å². The predicted octanol–water partition coefficient (Wildman–Crippen LogP) is 4.91. The van der Waals surface area contributed by atoms with Crippen LogP contribution in [0.3, 0.4) is 0 Å². The Hall–Kier alpha value is -2.16. The fourth-order valence-electron chi connectivity index (χ4n) is 5.35. The van der Waals surface area contributed by atoms with E-state index in [0.29, 0.717) is 33.2 Å². The zero-order valence-corrected chi connectivity index (χ0v) is 22.9. The van der Waals surface area contributed by atoms with Crippen molar-refractivity contribution in [3.8, 4) is 11.5 Å². The van der Waals surface area contributed by atoms with Crippen LogP contribution < -0.4 is 20.3 Å². The van der Waals surface area contributed by atoms with E-state index in [1.54, 1.807) is 6.07 Å². The summed E-state index contributed by atoms with van der Waals surface area (Å²) in [4.78, 5) is 31.8. The minimum atomic E-state index is -0.806. The summed E-state index contributed by atoms with van der Waals surface area (Å²) in [5, 5.41) is 3.24. The van der Waals surface area contributed by atoms with E-state index in [1.165, 1.54) is 31.1 Å². The second-order valence-corrected chi connectivity index (χ2v) is 11.7. The minimum absolute atomic E-state index is 0.118. The molecule has 3 heterocycles. The number of fused-ring (bicyclic) bond motifs is 1. The highest BCUT2D eigenvalue weighted by atomic mass is 35.5. The normalized spacial score (nSPS) is 22.1. The van der Waals surface area contributed by atoms with Crippen molar-refractivity contribution in [3.05, 3.63) is 49.9 Å². The number of amides is 1. The first-order valence-electron chi connectivity index (χ1n) is 12.7. The number of aromatic amines is 1. The Labute approximate surface area is 221 Å². The highest BCUT2D eigenvalue weighted by Crippen LogP contribution is 2.51. The largest absolute Gasteiger partial charge is 0.448 e.